The van der Waals surface area contributed by atoms with Crippen LogP contribution in [-0.4, -0.2) is 54.8 Å². The number of piperidine rings is 2. The number of carbonyl (C=O) groups excluding carboxylic acids is 2. The molecule has 2 fully saturated rings. The van der Waals surface area contributed by atoms with Crippen LogP contribution in [0, 0.1) is 5.92 Å². The zero-order valence-corrected chi connectivity index (χ0v) is 18.4. The van der Waals surface area contributed by atoms with Crippen molar-refractivity contribution in [2.75, 3.05) is 33.3 Å². The molecule has 31 heavy (non-hydrogen) atoms. The molecule has 5 nitrogen and oxygen atoms in total. The first-order valence-corrected chi connectivity index (χ1v) is 11.4. The molecule has 2 aromatic rings. The molecule has 0 N–H and O–H groups in total. The average molecular weight is 421 g/mol. The predicted octanol–water partition coefficient (Wildman–Crippen LogP) is 4.42. The lowest BCUT2D eigenvalue weighted by atomic mass is 9.89. The molecule has 5 heteroatoms. The molecule has 0 spiro atoms. The van der Waals surface area contributed by atoms with Crippen molar-refractivity contribution in [3.63, 3.8) is 0 Å². The van der Waals surface area contributed by atoms with Crippen molar-refractivity contribution in [1.82, 2.24) is 9.80 Å². The molecule has 4 rings (SSSR count). The lowest BCUT2D eigenvalue weighted by Gasteiger charge is -2.32. The van der Waals surface area contributed by atoms with Crippen molar-refractivity contribution < 1.29 is 14.3 Å². The summed E-state index contributed by atoms with van der Waals surface area (Å²) >= 11 is 0. The van der Waals surface area contributed by atoms with E-state index in [1.807, 2.05) is 41.3 Å². The number of ketones is 1. The molecular weight excluding hydrogens is 388 g/mol. The summed E-state index contributed by atoms with van der Waals surface area (Å²) in [5.41, 5.74) is 2.56. The first-order chi connectivity index (χ1) is 15.2. The van der Waals surface area contributed by atoms with E-state index in [9.17, 15) is 9.59 Å². The summed E-state index contributed by atoms with van der Waals surface area (Å²) in [5.74, 6) is 0.487. The Morgan fingerprint density at radius 1 is 0.935 bits per heavy atom. The second-order valence-electron chi connectivity index (χ2n) is 8.69. The van der Waals surface area contributed by atoms with Crippen molar-refractivity contribution in [3.05, 3.63) is 65.2 Å². The summed E-state index contributed by atoms with van der Waals surface area (Å²) in [6.45, 7) is 4.44. The number of benzene rings is 2. The number of amides is 1. The zero-order valence-electron chi connectivity index (χ0n) is 18.4. The van der Waals surface area contributed by atoms with Gasteiger partial charge in [0, 0.05) is 31.1 Å². The second kappa shape index (κ2) is 10.1. The predicted molar refractivity (Wildman–Crippen MR) is 122 cm³/mol. The lowest BCUT2D eigenvalue weighted by Crippen LogP contribution is -2.42. The minimum absolute atomic E-state index is 0.0158. The third-order valence-corrected chi connectivity index (χ3v) is 6.51. The number of hydrogen-bond donors (Lipinski definition) is 0. The molecular formula is C26H32N2O3. The molecule has 2 saturated heterocycles. The Bertz CT molecular complexity index is 903. The minimum Gasteiger partial charge on any atom is -0.496 e. The zero-order chi connectivity index (χ0) is 21.6. The molecule has 1 atom stereocenters. The van der Waals surface area contributed by atoms with Gasteiger partial charge in [-0.3, -0.25) is 14.5 Å². The van der Waals surface area contributed by atoms with Gasteiger partial charge in [0.15, 0.2) is 5.78 Å². The van der Waals surface area contributed by atoms with Gasteiger partial charge in [0.25, 0.3) is 5.91 Å². The molecule has 0 unspecified atom stereocenters. The Morgan fingerprint density at radius 2 is 1.68 bits per heavy atom. The van der Waals surface area contributed by atoms with E-state index >= 15 is 0 Å². The molecule has 164 valence electrons. The number of methoxy groups -OCH3 is 1. The van der Waals surface area contributed by atoms with Gasteiger partial charge < -0.3 is 9.64 Å². The van der Waals surface area contributed by atoms with Gasteiger partial charge in [0.05, 0.1) is 12.7 Å². The molecule has 2 heterocycles. The Balaban J connectivity index is 1.39. The quantitative estimate of drug-likeness (QED) is 0.650. The molecule has 0 bridgehead atoms. The Labute approximate surface area is 185 Å². The molecule has 0 saturated carbocycles. The monoisotopic (exact) mass is 420 g/mol. The fourth-order valence-electron chi connectivity index (χ4n) is 4.75. The molecule has 2 aliphatic rings. The second-order valence-corrected chi connectivity index (χ2v) is 8.69. The van der Waals surface area contributed by atoms with Gasteiger partial charge in [-0.1, -0.05) is 30.7 Å². The maximum atomic E-state index is 13.1. The van der Waals surface area contributed by atoms with E-state index in [-0.39, 0.29) is 17.6 Å². The van der Waals surface area contributed by atoms with E-state index in [1.54, 1.807) is 7.11 Å². The van der Waals surface area contributed by atoms with Crippen LogP contribution in [0.15, 0.2) is 48.5 Å². The van der Waals surface area contributed by atoms with E-state index in [2.05, 4.69) is 17.0 Å². The molecule has 1 amide bonds. The fraction of sp³-hybridized carbons (Fsp3) is 0.462. The Kier molecular flexibility index (Phi) is 7.03. The van der Waals surface area contributed by atoms with Crippen LogP contribution in [-0.2, 0) is 6.54 Å². The summed E-state index contributed by atoms with van der Waals surface area (Å²) < 4.78 is 5.36. The van der Waals surface area contributed by atoms with Crippen molar-refractivity contribution in [2.45, 2.75) is 38.6 Å². The summed E-state index contributed by atoms with van der Waals surface area (Å²) in [5, 5.41) is 0. The summed E-state index contributed by atoms with van der Waals surface area (Å²) in [6.07, 6.45) is 5.53. The highest BCUT2D eigenvalue weighted by molar-refractivity contribution is 6.01. The van der Waals surface area contributed by atoms with E-state index in [1.165, 1.54) is 24.8 Å². The number of ether oxygens (including phenoxy) is 1. The maximum Gasteiger partial charge on any atom is 0.253 e. The average Bonchev–Trinajstić information content (AvgIpc) is 2.84. The van der Waals surface area contributed by atoms with Crippen LogP contribution in [0.2, 0.25) is 0 Å². The minimum atomic E-state index is -0.188. The summed E-state index contributed by atoms with van der Waals surface area (Å²) in [7, 11) is 1.58. The van der Waals surface area contributed by atoms with Gasteiger partial charge in [-0.25, -0.2) is 0 Å². The molecule has 0 aliphatic carbocycles. The van der Waals surface area contributed by atoms with Gasteiger partial charge in [-0.05, 0) is 68.6 Å². The van der Waals surface area contributed by atoms with Crippen LogP contribution in [0.4, 0.5) is 0 Å². The van der Waals surface area contributed by atoms with Crippen molar-refractivity contribution >= 4 is 11.7 Å². The van der Waals surface area contributed by atoms with Crippen LogP contribution in [0.25, 0.3) is 0 Å². The van der Waals surface area contributed by atoms with Crippen LogP contribution in [0.3, 0.4) is 0 Å². The van der Waals surface area contributed by atoms with Crippen LogP contribution >= 0.6 is 0 Å². The van der Waals surface area contributed by atoms with Gasteiger partial charge in [-0.15, -0.1) is 0 Å². The van der Waals surface area contributed by atoms with Gasteiger partial charge >= 0.3 is 0 Å². The smallest absolute Gasteiger partial charge is 0.253 e. The highest BCUT2D eigenvalue weighted by Crippen LogP contribution is 2.27. The maximum absolute atomic E-state index is 13.1. The van der Waals surface area contributed by atoms with E-state index < -0.39 is 0 Å². The number of likely N-dealkylation sites (tertiary alicyclic amines) is 2. The number of rotatable bonds is 6. The number of carbonyl (C=O) groups is 2. The number of nitrogens with zero attached hydrogens (tertiary/aromatic N) is 2. The van der Waals surface area contributed by atoms with Gasteiger partial charge in [0.1, 0.15) is 5.75 Å². The highest BCUT2D eigenvalue weighted by atomic mass is 16.5. The fourth-order valence-corrected chi connectivity index (χ4v) is 4.75. The van der Waals surface area contributed by atoms with E-state index in [0.29, 0.717) is 30.0 Å². The van der Waals surface area contributed by atoms with Gasteiger partial charge in [-0.2, -0.15) is 0 Å². The van der Waals surface area contributed by atoms with Crippen molar-refractivity contribution in [2.24, 2.45) is 5.92 Å². The third-order valence-electron chi connectivity index (χ3n) is 6.51. The number of Topliss-reactive ketones (excluding diaryl/α,β-unsaturated/α-hetero) is 1. The van der Waals surface area contributed by atoms with Crippen LogP contribution in [0.5, 0.6) is 5.75 Å². The summed E-state index contributed by atoms with van der Waals surface area (Å²) in [6, 6.07) is 15.4. The molecule has 2 aromatic carbocycles. The third kappa shape index (κ3) is 5.16. The van der Waals surface area contributed by atoms with Crippen LogP contribution in [0.1, 0.15) is 58.4 Å². The Morgan fingerprint density at radius 3 is 2.42 bits per heavy atom. The topological polar surface area (TPSA) is 49.9 Å². The van der Waals surface area contributed by atoms with Crippen molar-refractivity contribution in [3.8, 4) is 5.75 Å². The summed E-state index contributed by atoms with van der Waals surface area (Å²) in [4.78, 5) is 30.5. The van der Waals surface area contributed by atoms with E-state index in [4.69, 9.17) is 4.74 Å². The first kappa shape index (κ1) is 21.6. The lowest BCUT2D eigenvalue weighted by molar-refractivity contribution is 0.0636. The van der Waals surface area contributed by atoms with Gasteiger partial charge in [0.2, 0.25) is 0 Å². The van der Waals surface area contributed by atoms with Crippen molar-refractivity contribution in [1.29, 1.82) is 0 Å². The molecule has 0 aromatic heterocycles. The standard InChI is InChI=1S/C26H32N2O3/c1-31-24-10-4-3-9-23(24)25(29)22-8-7-17-28(19-22)26(30)21-13-11-20(12-14-21)18-27-15-5-2-6-16-27/h3-4,9-14,22H,2,5-8,15-19H2,1H3/t22-/m0/s1. The highest BCUT2D eigenvalue weighted by Gasteiger charge is 2.30. The van der Waals surface area contributed by atoms with E-state index in [0.717, 1.165) is 32.5 Å². The van der Waals surface area contributed by atoms with Crippen LogP contribution < -0.4 is 4.74 Å². The normalized spacial score (nSPS) is 19.8. The Hall–Kier alpha value is -2.66. The molecule has 2 aliphatic heterocycles. The largest absolute Gasteiger partial charge is 0.496 e. The number of para-hydroxylation sites is 1. The number of hydrogen-bond acceptors (Lipinski definition) is 4. The first-order valence-electron chi connectivity index (χ1n) is 11.4. The SMILES string of the molecule is COc1ccccc1C(=O)[C@H]1CCCN(C(=O)c2ccc(CN3CCCCC3)cc2)C1. The molecule has 0 radical (unpaired) electrons.